The van der Waals surface area contributed by atoms with Crippen molar-refractivity contribution in [1.82, 2.24) is 10.0 Å². The highest BCUT2D eigenvalue weighted by atomic mass is 19.1. The number of carbonyl (C=O) groups excluding carboxylic acids is 4. The molecule has 8 nitrogen and oxygen atoms in total. The molecule has 4 aliphatic heterocycles. The largest absolute Gasteiger partial charge is 0.274 e. The number of amides is 4. The van der Waals surface area contributed by atoms with Gasteiger partial charge in [0, 0.05) is 0 Å². The van der Waals surface area contributed by atoms with Crippen molar-refractivity contribution in [1.29, 1.82) is 0 Å². The number of carbonyl (C=O) groups is 4. The summed E-state index contributed by atoms with van der Waals surface area (Å²) in [6, 6.07) is 15.9. The van der Waals surface area contributed by atoms with Crippen molar-refractivity contribution in [3.63, 3.8) is 0 Å². The number of rotatable bonds is 4. The Morgan fingerprint density at radius 3 is 0.957 bits per heavy atom. The molecule has 4 heterocycles. The van der Waals surface area contributed by atoms with Gasteiger partial charge in [0.25, 0.3) is 11.8 Å². The average molecular weight is 627 g/mol. The number of hydrogen-bond donors (Lipinski definition) is 0. The summed E-state index contributed by atoms with van der Waals surface area (Å²) < 4.78 is 55.8. The molecule has 4 saturated heterocycles. The summed E-state index contributed by atoms with van der Waals surface area (Å²) in [7, 11) is 0. The van der Waals surface area contributed by atoms with Crippen LogP contribution in [0.3, 0.4) is 0 Å². The van der Waals surface area contributed by atoms with Gasteiger partial charge < -0.3 is 0 Å². The molecule has 46 heavy (non-hydrogen) atoms. The molecular formula is C34H22F4N4O4. The molecule has 0 bridgehead atoms. The van der Waals surface area contributed by atoms with Crippen molar-refractivity contribution < 1.29 is 36.7 Å². The topological polar surface area (TPSA) is 81.2 Å². The van der Waals surface area contributed by atoms with Crippen LogP contribution in [-0.4, -0.2) is 45.7 Å². The molecule has 0 N–H and O–H groups in total. The predicted molar refractivity (Wildman–Crippen MR) is 154 cm³/mol. The molecule has 4 aromatic rings. The van der Waals surface area contributed by atoms with E-state index in [-0.39, 0.29) is 11.4 Å². The zero-order valence-electron chi connectivity index (χ0n) is 23.6. The van der Waals surface area contributed by atoms with Crippen molar-refractivity contribution >= 4 is 35.0 Å². The lowest BCUT2D eigenvalue weighted by Crippen LogP contribution is -2.50. The first-order chi connectivity index (χ1) is 22.2. The van der Waals surface area contributed by atoms with Crippen molar-refractivity contribution in [2.24, 2.45) is 11.8 Å². The lowest BCUT2D eigenvalue weighted by atomic mass is 9.84. The van der Waals surface area contributed by atoms with Crippen LogP contribution in [0.2, 0.25) is 0 Å². The zero-order valence-corrected chi connectivity index (χ0v) is 23.6. The fourth-order valence-corrected chi connectivity index (χ4v) is 7.51. The second-order valence-electron chi connectivity index (χ2n) is 11.7. The molecule has 230 valence electrons. The molecule has 0 spiro atoms. The van der Waals surface area contributed by atoms with Gasteiger partial charge in [0.1, 0.15) is 35.4 Å². The number of anilines is 2. The summed E-state index contributed by atoms with van der Waals surface area (Å²) in [6.45, 7) is 0. The number of benzene rings is 4. The first-order valence-electron chi connectivity index (χ1n) is 14.5. The fourth-order valence-electron chi connectivity index (χ4n) is 7.51. The summed E-state index contributed by atoms with van der Waals surface area (Å²) in [5.41, 5.74) is 1.12. The summed E-state index contributed by atoms with van der Waals surface area (Å²) in [6.07, 6.45) is 0. The van der Waals surface area contributed by atoms with Crippen LogP contribution < -0.4 is 9.80 Å². The van der Waals surface area contributed by atoms with Gasteiger partial charge in [-0.25, -0.2) is 37.4 Å². The fraction of sp³-hybridized carbons (Fsp3) is 0.176. The summed E-state index contributed by atoms with van der Waals surface area (Å²) in [4.78, 5) is 59.0. The maximum atomic E-state index is 14.3. The average Bonchev–Trinajstić information content (AvgIpc) is 3.71. The third-order valence-corrected chi connectivity index (χ3v) is 9.32. The Bertz CT molecular complexity index is 1780. The summed E-state index contributed by atoms with van der Waals surface area (Å²) in [5, 5.41) is 3.14. The van der Waals surface area contributed by atoms with Gasteiger partial charge in [-0.05, 0) is 83.9 Å². The molecule has 4 amide bonds. The molecule has 0 aliphatic carbocycles. The Morgan fingerprint density at radius 1 is 0.370 bits per heavy atom. The number of nitrogens with zero attached hydrogens (tertiary/aromatic N) is 4. The molecule has 0 aromatic heterocycles. The van der Waals surface area contributed by atoms with Gasteiger partial charge in [0.15, 0.2) is 0 Å². The molecule has 0 saturated carbocycles. The highest BCUT2D eigenvalue weighted by molar-refractivity contribution is 6.26. The van der Waals surface area contributed by atoms with Crippen LogP contribution in [0, 0.1) is 35.1 Å². The van der Waals surface area contributed by atoms with Gasteiger partial charge >= 0.3 is 0 Å². The van der Waals surface area contributed by atoms with Crippen LogP contribution in [0.25, 0.3) is 0 Å². The number of imide groups is 2. The van der Waals surface area contributed by atoms with E-state index in [1.807, 2.05) is 0 Å². The van der Waals surface area contributed by atoms with Crippen molar-refractivity contribution in [3.8, 4) is 0 Å². The van der Waals surface area contributed by atoms with Crippen LogP contribution in [0.1, 0.15) is 23.2 Å². The number of hydrogen-bond acceptors (Lipinski definition) is 6. The third kappa shape index (κ3) is 3.93. The standard InChI is InChI=1S/C34H22F4N4O4/c35-19-5-1-17(2-6-19)27-25-29(33(45)39(31(25)43)23-13-9-21(37)10-14-23)42-28(18-3-7-20(36)8-4-18)26-30(41(27)42)34(46)40(32(26)44)24-15-11-22(38)12-16-24/h1-16,25-30H/t25-,26-,27-,28+,29+,30-/m0/s1. The molecule has 4 aliphatic rings. The Morgan fingerprint density at radius 2 is 0.652 bits per heavy atom. The Kier molecular flexibility index (Phi) is 6.25. The maximum absolute atomic E-state index is 14.3. The smallest absolute Gasteiger partial charge is 0.253 e. The minimum Gasteiger partial charge on any atom is -0.274 e. The predicted octanol–water partition coefficient (Wildman–Crippen LogP) is 4.69. The Hall–Kier alpha value is -5.20. The van der Waals surface area contributed by atoms with Gasteiger partial charge in [-0.3, -0.25) is 19.2 Å². The van der Waals surface area contributed by atoms with E-state index in [1.165, 1.54) is 72.8 Å². The molecule has 4 fully saturated rings. The van der Waals surface area contributed by atoms with E-state index >= 15 is 0 Å². The normalized spacial score (nSPS) is 27.5. The number of hydrazine groups is 1. The van der Waals surface area contributed by atoms with Crippen molar-refractivity contribution in [2.75, 3.05) is 9.80 Å². The zero-order chi connectivity index (χ0) is 32.0. The summed E-state index contributed by atoms with van der Waals surface area (Å²) >= 11 is 0. The van der Waals surface area contributed by atoms with E-state index in [0.717, 1.165) is 34.1 Å². The van der Waals surface area contributed by atoms with Gasteiger partial charge in [0.2, 0.25) is 11.8 Å². The molecule has 0 radical (unpaired) electrons. The number of fused-ring (bicyclic) bond motifs is 5. The molecule has 12 heteroatoms. The van der Waals surface area contributed by atoms with Crippen LogP contribution in [0.4, 0.5) is 28.9 Å². The first-order valence-corrected chi connectivity index (χ1v) is 14.5. The van der Waals surface area contributed by atoms with E-state index in [9.17, 15) is 36.7 Å². The van der Waals surface area contributed by atoms with E-state index in [2.05, 4.69) is 0 Å². The number of halogens is 4. The Balaban J connectivity index is 1.32. The van der Waals surface area contributed by atoms with E-state index < -0.39 is 82.9 Å². The SMILES string of the molecule is O=C1[C@@H]2[C@@H](C(=O)N1c1ccc(F)cc1)N1[C@@H](c3ccc(F)cc3)[C@@H]3C(=O)N(c4ccc(F)cc4)C(=O)[C@@H]3N1[C@@H]2c1ccc(F)cc1. The van der Waals surface area contributed by atoms with E-state index in [4.69, 9.17) is 0 Å². The Labute approximate surface area is 259 Å². The second-order valence-corrected chi connectivity index (χ2v) is 11.7. The van der Waals surface area contributed by atoms with Crippen LogP contribution >= 0.6 is 0 Å². The van der Waals surface area contributed by atoms with Crippen molar-refractivity contribution in [2.45, 2.75) is 24.2 Å². The lowest BCUT2D eigenvalue weighted by molar-refractivity contribution is -0.136. The van der Waals surface area contributed by atoms with Gasteiger partial charge in [-0.15, -0.1) is 0 Å². The maximum Gasteiger partial charge on any atom is 0.253 e. The van der Waals surface area contributed by atoms with Gasteiger partial charge in [-0.2, -0.15) is 0 Å². The van der Waals surface area contributed by atoms with E-state index in [0.29, 0.717) is 11.1 Å². The lowest BCUT2D eigenvalue weighted by Gasteiger charge is -2.35. The van der Waals surface area contributed by atoms with Crippen LogP contribution in [0.15, 0.2) is 97.1 Å². The highest BCUT2D eigenvalue weighted by Gasteiger charge is 2.73. The monoisotopic (exact) mass is 626 g/mol. The highest BCUT2D eigenvalue weighted by Crippen LogP contribution is 2.59. The summed E-state index contributed by atoms with van der Waals surface area (Å²) in [5.74, 6) is -7.00. The quantitative estimate of drug-likeness (QED) is 0.242. The minimum absolute atomic E-state index is 0.141. The molecular weight excluding hydrogens is 604 g/mol. The minimum atomic E-state index is -1.21. The molecule has 6 atom stereocenters. The van der Waals surface area contributed by atoms with Crippen LogP contribution in [0.5, 0.6) is 0 Å². The first kappa shape index (κ1) is 28.3. The second kappa shape index (κ2) is 10.2. The van der Waals surface area contributed by atoms with Gasteiger partial charge in [-0.1, -0.05) is 24.3 Å². The van der Waals surface area contributed by atoms with Crippen molar-refractivity contribution in [3.05, 3.63) is 131 Å². The third-order valence-electron chi connectivity index (χ3n) is 9.32. The van der Waals surface area contributed by atoms with E-state index in [1.54, 1.807) is 10.0 Å². The molecule has 0 unspecified atom stereocenters. The molecule has 4 aromatic carbocycles. The molecule has 8 rings (SSSR count). The van der Waals surface area contributed by atoms with Gasteiger partial charge in [0.05, 0.1) is 35.3 Å². The van der Waals surface area contributed by atoms with Crippen LogP contribution in [-0.2, 0) is 19.2 Å².